The minimum Gasteiger partial charge on any atom is -0.347 e. The first kappa shape index (κ1) is 13.2. The first-order valence-electron chi connectivity index (χ1n) is 6.84. The molecule has 2 aromatic rings. The highest BCUT2D eigenvalue weighted by Gasteiger charge is 2.20. The maximum atomic E-state index is 2.37. The Morgan fingerprint density at radius 3 is 1.83 bits per heavy atom. The Morgan fingerprint density at radius 2 is 1.33 bits per heavy atom. The molecule has 0 bridgehead atoms. The number of nitrogens with zero attached hydrogens (tertiary/aromatic N) is 1. The average molecular weight is 243 g/mol. The van der Waals surface area contributed by atoms with Crippen molar-refractivity contribution in [1.82, 2.24) is 4.57 Å². The first-order chi connectivity index (χ1) is 8.29. The minimum atomic E-state index is 0.569. The third kappa shape index (κ3) is 1.53. The van der Waals surface area contributed by atoms with Crippen LogP contribution in [0.15, 0.2) is 0 Å². The molecule has 18 heavy (non-hydrogen) atoms. The van der Waals surface area contributed by atoms with Gasteiger partial charge < -0.3 is 4.57 Å². The van der Waals surface area contributed by atoms with Crippen LogP contribution in [0.2, 0.25) is 0 Å². The Hall–Kier alpha value is -1.24. The molecule has 0 saturated heterocycles. The molecule has 0 aliphatic heterocycles. The maximum Gasteiger partial charge on any atom is 0.0523 e. The fraction of sp³-hybridized carbons (Fsp3) is 0.529. The van der Waals surface area contributed by atoms with Gasteiger partial charge in [-0.05, 0) is 68.4 Å². The van der Waals surface area contributed by atoms with Crippen LogP contribution in [0.5, 0.6) is 0 Å². The second-order valence-electron chi connectivity index (χ2n) is 5.94. The quantitative estimate of drug-likeness (QED) is 0.675. The molecule has 1 aromatic heterocycles. The second kappa shape index (κ2) is 4.15. The van der Waals surface area contributed by atoms with Crippen LogP contribution in [0.3, 0.4) is 0 Å². The van der Waals surface area contributed by atoms with Crippen LogP contribution in [0, 0.1) is 34.6 Å². The Morgan fingerprint density at radius 1 is 0.778 bits per heavy atom. The Kier molecular flexibility index (Phi) is 3.04. The Labute approximate surface area is 111 Å². The molecule has 0 amide bonds. The Bertz CT molecular complexity index is 627. The molecule has 2 rings (SSSR count). The number of hydrogen-bond acceptors (Lipinski definition) is 0. The summed E-state index contributed by atoms with van der Waals surface area (Å²) in [5.74, 6) is 0.569. The summed E-state index contributed by atoms with van der Waals surface area (Å²) in [6, 6.07) is 0. The van der Waals surface area contributed by atoms with Crippen LogP contribution >= 0.6 is 0 Å². The lowest BCUT2D eigenvalue weighted by Crippen LogP contribution is -2.02. The van der Waals surface area contributed by atoms with Gasteiger partial charge in [-0.15, -0.1) is 0 Å². The van der Waals surface area contributed by atoms with E-state index in [-0.39, 0.29) is 0 Å². The standard InChI is InChI=1S/C17H25N/c1-9(2)15-11(4)10(3)12(5)16-13(6)14(7)18(8)17(15)16/h9H,1-8H3. The number of benzene rings is 1. The predicted molar refractivity (Wildman–Crippen MR) is 80.7 cm³/mol. The van der Waals surface area contributed by atoms with E-state index in [4.69, 9.17) is 0 Å². The first-order valence-corrected chi connectivity index (χ1v) is 6.84. The molecule has 0 atom stereocenters. The smallest absolute Gasteiger partial charge is 0.0523 e. The van der Waals surface area contributed by atoms with Gasteiger partial charge in [0, 0.05) is 18.1 Å². The Balaban J connectivity index is 3.13. The van der Waals surface area contributed by atoms with E-state index in [0.29, 0.717) is 5.92 Å². The molecule has 98 valence electrons. The number of hydrogen-bond donors (Lipinski definition) is 0. The molecule has 1 heterocycles. The molecule has 0 N–H and O–H groups in total. The van der Waals surface area contributed by atoms with Gasteiger partial charge in [-0.3, -0.25) is 0 Å². The maximum absolute atomic E-state index is 2.37. The number of fused-ring (bicyclic) bond motifs is 1. The van der Waals surface area contributed by atoms with Gasteiger partial charge in [0.05, 0.1) is 5.52 Å². The third-order valence-electron chi connectivity index (χ3n) is 4.73. The van der Waals surface area contributed by atoms with Crippen molar-refractivity contribution in [3.8, 4) is 0 Å². The van der Waals surface area contributed by atoms with Crippen LogP contribution in [0.25, 0.3) is 10.9 Å². The summed E-state index contributed by atoms with van der Waals surface area (Å²) < 4.78 is 2.37. The normalized spacial score (nSPS) is 11.8. The highest BCUT2D eigenvalue weighted by atomic mass is 14.9. The van der Waals surface area contributed by atoms with E-state index in [2.05, 4.69) is 60.1 Å². The van der Waals surface area contributed by atoms with Gasteiger partial charge in [-0.25, -0.2) is 0 Å². The SMILES string of the molecule is Cc1c(C)c(C(C)C)c2c(c1C)c(C)c(C)n2C. The molecule has 1 nitrogen and oxygen atoms in total. The lowest BCUT2D eigenvalue weighted by molar-refractivity contribution is 0.836. The molecular weight excluding hydrogens is 218 g/mol. The van der Waals surface area contributed by atoms with Crippen molar-refractivity contribution in [1.29, 1.82) is 0 Å². The average Bonchev–Trinajstić information content (AvgIpc) is 2.51. The van der Waals surface area contributed by atoms with Crippen LogP contribution in [0.4, 0.5) is 0 Å². The van der Waals surface area contributed by atoms with Gasteiger partial charge in [0.15, 0.2) is 0 Å². The second-order valence-corrected chi connectivity index (χ2v) is 5.94. The molecule has 0 unspecified atom stereocenters. The van der Waals surface area contributed by atoms with Crippen molar-refractivity contribution in [3.05, 3.63) is 33.5 Å². The number of aromatic nitrogens is 1. The van der Waals surface area contributed by atoms with Gasteiger partial charge in [0.1, 0.15) is 0 Å². The predicted octanol–water partition coefficient (Wildman–Crippen LogP) is 4.84. The molecule has 0 spiro atoms. The van der Waals surface area contributed by atoms with Crippen molar-refractivity contribution in [2.45, 2.75) is 54.4 Å². The van der Waals surface area contributed by atoms with Gasteiger partial charge in [0.2, 0.25) is 0 Å². The molecule has 0 aliphatic carbocycles. The molecule has 0 saturated carbocycles. The van der Waals surface area contributed by atoms with E-state index in [1.807, 2.05) is 0 Å². The summed E-state index contributed by atoms with van der Waals surface area (Å²) >= 11 is 0. The molecule has 0 radical (unpaired) electrons. The summed E-state index contributed by atoms with van der Waals surface area (Å²) in [6.45, 7) is 15.9. The van der Waals surface area contributed by atoms with E-state index >= 15 is 0 Å². The van der Waals surface area contributed by atoms with Gasteiger partial charge in [-0.1, -0.05) is 13.8 Å². The van der Waals surface area contributed by atoms with Gasteiger partial charge in [0.25, 0.3) is 0 Å². The van der Waals surface area contributed by atoms with Gasteiger partial charge >= 0.3 is 0 Å². The lowest BCUT2D eigenvalue weighted by atomic mass is 9.88. The van der Waals surface area contributed by atoms with Crippen LogP contribution in [-0.4, -0.2) is 4.57 Å². The monoisotopic (exact) mass is 243 g/mol. The van der Waals surface area contributed by atoms with Crippen LogP contribution in [-0.2, 0) is 7.05 Å². The van der Waals surface area contributed by atoms with Crippen molar-refractivity contribution in [3.63, 3.8) is 0 Å². The largest absolute Gasteiger partial charge is 0.347 e. The summed E-state index contributed by atoms with van der Waals surface area (Å²) in [4.78, 5) is 0. The number of aryl methyl sites for hydroxylation is 3. The summed E-state index contributed by atoms with van der Waals surface area (Å²) in [5.41, 5.74) is 10.2. The zero-order valence-electron chi connectivity index (χ0n) is 13.0. The van der Waals surface area contributed by atoms with Crippen molar-refractivity contribution < 1.29 is 0 Å². The highest BCUT2D eigenvalue weighted by Crippen LogP contribution is 2.37. The highest BCUT2D eigenvalue weighted by molar-refractivity contribution is 5.93. The summed E-state index contributed by atoms with van der Waals surface area (Å²) in [6.07, 6.45) is 0. The van der Waals surface area contributed by atoms with Crippen molar-refractivity contribution in [2.75, 3.05) is 0 Å². The van der Waals surface area contributed by atoms with E-state index in [1.165, 1.54) is 44.4 Å². The van der Waals surface area contributed by atoms with E-state index in [1.54, 1.807) is 0 Å². The fourth-order valence-electron chi connectivity index (χ4n) is 3.27. The fourth-order valence-corrected chi connectivity index (χ4v) is 3.27. The van der Waals surface area contributed by atoms with E-state index < -0.39 is 0 Å². The minimum absolute atomic E-state index is 0.569. The van der Waals surface area contributed by atoms with Gasteiger partial charge in [-0.2, -0.15) is 0 Å². The molecular formula is C17H25N. The molecule has 1 heteroatoms. The van der Waals surface area contributed by atoms with E-state index in [9.17, 15) is 0 Å². The molecule has 1 aromatic carbocycles. The van der Waals surface area contributed by atoms with Crippen LogP contribution < -0.4 is 0 Å². The lowest BCUT2D eigenvalue weighted by Gasteiger charge is -2.18. The van der Waals surface area contributed by atoms with E-state index in [0.717, 1.165) is 0 Å². The topological polar surface area (TPSA) is 4.93 Å². The summed E-state index contributed by atoms with van der Waals surface area (Å²) in [5, 5.41) is 1.47. The molecule has 0 aliphatic rings. The zero-order chi connectivity index (χ0) is 13.8. The summed E-state index contributed by atoms with van der Waals surface area (Å²) in [7, 11) is 2.20. The zero-order valence-corrected chi connectivity index (χ0v) is 13.0. The molecule has 0 fully saturated rings. The third-order valence-corrected chi connectivity index (χ3v) is 4.73. The van der Waals surface area contributed by atoms with Crippen molar-refractivity contribution >= 4 is 10.9 Å². The van der Waals surface area contributed by atoms with Crippen LogP contribution in [0.1, 0.15) is 53.3 Å². The van der Waals surface area contributed by atoms with Crippen molar-refractivity contribution in [2.24, 2.45) is 7.05 Å². The number of rotatable bonds is 1.